The highest BCUT2D eigenvalue weighted by Crippen LogP contribution is 2.34. The summed E-state index contributed by atoms with van der Waals surface area (Å²) in [4.78, 5) is 25.8. The Morgan fingerprint density at radius 1 is 0.870 bits per heavy atom. The fourth-order valence-corrected chi connectivity index (χ4v) is 2.80. The Morgan fingerprint density at radius 2 is 1.61 bits per heavy atom. The maximum Gasteiger partial charge on any atom is 0.283 e. The van der Waals surface area contributed by atoms with Gasteiger partial charge < -0.3 is 5.32 Å². The molecule has 0 spiro atoms. The van der Waals surface area contributed by atoms with Crippen LogP contribution in [0.1, 0.15) is 0 Å². The topological polar surface area (TPSA) is 49.4 Å². The Kier molecular flexibility index (Phi) is 4.31. The van der Waals surface area contributed by atoms with Crippen molar-refractivity contribution in [2.75, 3.05) is 10.2 Å². The summed E-state index contributed by atoms with van der Waals surface area (Å²) in [7, 11) is 0. The van der Waals surface area contributed by atoms with E-state index in [1.807, 2.05) is 0 Å². The van der Waals surface area contributed by atoms with Crippen molar-refractivity contribution in [1.29, 1.82) is 0 Å². The molecule has 1 heterocycles. The maximum atomic E-state index is 12.6. The predicted octanol–water partition coefficient (Wildman–Crippen LogP) is 4.43. The zero-order chi connectivity index (χ0) is 16.6. The summed E-state index contributed by atoms with van der Waals surface area (Å²) in [5.74, 6) is -1.21. The molecule has 2 aromatic rings. The number of carbonyl (C=O) groups is 2. The van der Waals surface area contributed by atoms with E-state index in [1.165, 1.54) is 0 Å². The van der Waals surface area contributed by atoms with E-state index in [4.69, 9.17) is 34.8 Å². The van der Waals surface area contributed by atoms with Crippen LogP contribution in [0.4, 0.5) is 11.4 Å². The first kappa shape index (κ1) is 15.9. The van der Waals surface area contributed by atoms with Crippen LogP contribution in [0, 0.1) is 0 Å². The first-order valence-corrected chi connectivity index (χ1v) is 7.68. The summed E-state index contributed by atoms with van der Waals surface area (Å²) in [6, 6.07) is 13.3. The molecule has 0 unspecified atom stereocenters. The first-order valence-electron chi connectivity index (χ1n) is 6.54. The Morgan fingerprint density at radius 3 is 2.30 bits per heavy atom. The third kappa shape index (κ3) is 2.93. The fourth-order valence-electron chi connectivity index (χ4n) is 2.17. The summed E-state index contributed by atoms with van der Waals surface area (Å²) in [5.41, 5.74) is 0.817. The van der Waals surface area contributed by atoms with Crippen molar-refractivity contribution in [3.8, 4) is 0 Å². The van der Waals surface area contributed by atoms with Gasteiger partial charge in [0, 0.05) is 10.7 Å². The average molecular weight is 368 g/mol. The van der Waals surface area contributed by atoms with E-state index in [1.54, 1.807) is 48.5 Å². The van der Waals surface area contributed by atoms with Crippen LogP contribution in [0.15, 0.2) is 59.3 Å². The molecule has 0 aromatic heterocycles. The number of carbonyl (C=O) groups excluding carboxylic acids is 2. The summed E-state index contributed by atoms with van der Waals surface area (Å²) >= 11 is 18.0. The van der Waals surface area contributed by atoms with E-state index in [0.29, 0.717) is 10.7 Å². The van der Waals surface area contributed by atoms with E-state index >= 15 is 0 Å². The van der Waals surface area contributed by atoms with Gasteiger partial charge in [0.05, 0.1) is 10.7 Å². The largest absolute Gasteiger partial charge is 0.350 e. The van der Waals surface area contributed by atoms with Crippen molar-refractivity contribution in [2.24, 2.45) is 0 Å². The van der Waals surface area contributed by atoms with E-state index < -0.39 is 11.8 Å². The number of amides is 2. The molecule has 23 heavy (non-hydrogen) atoms. The van der Waals surface area contributed by atoms with E-state index in [-0.39, 0.29) is 21.4 Å². The van der Waals surface area contributed by atoms with Crippen molar-refractivity contribution in [1.82, 2.24) is 0 Å². The standard InChI is InChI=1S/C16H9Cl3N2O2/c17-9-4-3-5-10(8-9)20-14-13(19)15(22)21(16(14)23)12-7-2-1-6-11(12)18/h1-8,20H. The van der Waals surface area contributed by atoms with Gasteiger partial charge in [0.2, 0.25) is 0 Å². The van der Waals surface area contributed by atoms with Gasteiger partial charge >= 0.3 is 0 Å². The summed E-state index contributed by atoms with van der Waals surface area (Å²) < 4.78 is 0. The van der Waals surface area contributed by atoms with Crippen molar-refractivity contribution in [3.05, 3.63) is 69.3 Å². The van der Waals surface area contributed by atoms with Crippen LogP contribution in [0.25, 0.3) is 0 Å². The van der Waals surface area contributed by atoms with Gasteiger partial charge in [-0.1, -0.05) is 53.0 Å². The van der Waals surface area contributed by atoms with Gasteiger partial charge in [0.25, 0.3) is 11.8 Å². The number of halogens is 3. The highest BCUT2D eigenvalue weighted by molar-refractivity contribution is 6.53. The van der Waals surface area contributed by atoms with Crippen LogP contribution < -0.4 is 10.2 Å². The molecular formula is C16H9Cl3N2O2. The molecule has 7 heteroatoms. The molecular weight excluding hydrogens is 359 g/mol. The number of nitrogens with zero attached hydrogens (tertiary/aromatic N) is 1. The van der Waals surface area contributed by atoms with Gasteiger partial charge in [-0.3, -0.25) is 9.59 Å². The molecule has 0 saturated carbocycles. The van der Waals surface area contributed by atoms with E-state index in [0.717, 1.165) is 4.90 Å². The Bertz CT molecular complexity index is 849. The Hall–Kier alpha value is -2.01. The van der Waals surface area contributed by atoms with E-state index in [2.05, 4.69) is 5.32 Å². The second-order valence-corrected chi connectivity index (χ2v) is 5.94. The molecule has 3 rings (SSSR count). The average Bonchev–Trinajstić information content (AvgIpc) is 2.72. The molecule has 2 amide bonds. The molecule has 0 saturated heterocycles. The minimum absolute atomic E-state index is 0.0150. The molecule has 0 fully saturated rings. The molecule has 1 aliphatic heterocycles. The van der Waals surface area contributed by atoms with Crippen LogP contribution in [-0.2, 0) is 9.59 Å². The normalized spacial score (nSPS) is 14.7. The van der Waals surface area contributed by atoms with Crippen LogP contribution in [0.2, 0.25) is 10.0 Å². The zero-order valence-electron chi connectivity index (χ0n) is 11.5. The first-order chi connectivity index (χ1) is 11.0. The zero-order valence-corrected chi connectivity index (χ0v) is 13.8. The molecule has 0 atom stereocenters. The van der Waals surface area contributed by atoms with Gasteiger partial charge in [0.15, 0.2) is 0 Å². The lowest BCUT2D eigenvalue weighted by Crippen LogP contribution is -2.32. The van der Waals surface area contributed by atoms with Crippen LogP contribution in [0.5, 0.6) is 0 Å². The smallest absolute Gasteiger partial charge is 0.283 e. The number of anilines is 2. The lowest BCUT2D eigenvalue weighted by Gasteiger charge is -2.16. The number of para-hydroxylation sites is 1. The molecule has 1 N–H and O–H groups in total. The molecule has 4 nitrogen and oxygen atoms in total. The third-order valence-corrected chi connectivity index (χ3v) is 4.12. The molecule has 0 radical (unpaired) electrons. The Labute approximate surface area is 147 Å². The Balaban J connectivity index is 1.95. The number of rotatable bonds is 3. The van der Waals surface area contributed by atoms with Crippen molar-refractivity contribution in [3.63, 3.8) is 0 Å². The van der Waals surface area contributed by atoms with Gasteiger partial charge in [0.1, 0.15) is 10.7 Å². The summed E-state index contributed by atoms with van der Waals surface area (Å²) in [6.45, 7) is 0. The van der Waals surface area contributed by atoms with Gasteiger partial charge in [-0.25, -0.2) is 4.90 Å². The quantitative estimate of drug-likeness (QED) is 0.817. The second kappa shape index (κ2) is 6.24. The van der Waals surface area contributed by atoms with Gasteiger partial charge in [-0.05, 0) is 30.3 Å². The molecule has 2 aromatic carbocycles. The fraction of sp³-hybridized carbons (Fsp3) is 0. The van der Waals surface area contributed by atoms with Gasteiger partial charge in [-0.2, -0.15) is 0 Å². The molecule has 116 valence electrons. The van der Waals surface area contributed by atoms with Crippen LogP contribution in [-0.4, -0.2) is 11.8 Å². The van der Waals surface area contributed by atoms with Crippen LogP contribution >= 0.6 is 34.8 Å². The second-order valence-electron chi connectivity index (χ2n) is 4.72. The molecule has 0 aliphatic carbocycles. The van der Waals surface area contributed by atoms with Crippen molar-refractivity contribution in [2.45, 2.75) is 0 Å². The number of benzene rings is 2. The molecule has 0 bridgehead atoms. The summed E-state index contributed by atoms with van der Waals surface area (Å²) in [5, 5.41) is 3.41. The lowest BCUT2D eigenvalue weighted by molar-refractivity contribution is -0.120. The van der Waals surface area contributed by atoms with Gasteiger partial charge in [-0.15, -0.1) is 0 Å². The minimum Gasteiger partial charge on any atom is -0.350 e. The monoisotopic (exact) mass is 366 g/mol. The predicted molar refractivity (Wildman–Crippen MR) is 91.9 cm³/mol. The highest BCUT2D eigenvalue weighted by atomic mass is 35.5. The maximum absolute atomic E-state index is 12.6. The lowest BCUT2D eigenvalue weighted by atomic mass is 10.3. The minimum atomic E-state index is -0.630. The SMILES string of the molecule is O=C1C(Cl)=C(Nc2cccc(Cl)c2)C(=O)N1c1ccccc1Cl. The number of imide groups is 1. The number of hydrogen-bond donors (Lipinski definition) is 1. The third-order valence-electron chi connectivity index (χ3n) is 3.21. The number of nitrogens with one attached hydrogen (secondary N) is 1. The van der Waals surface area contributed by atoms with E-state index in [9.17, 15) is 9.59 Å². The van der Waals surface area contributed by atoms with Crippen LogP contribution in [0.3, 0.4) is 0 Å². The van der Waals surface area contributed by atoms with Crippen molar-refractivity contribution < 1.29 is 9.59 Å². The number of hydrogen-bond acceptors (Lipinski definition) is 3. The van der Waals surface area contributed by atoms with Crippen molar-refractivity contribution >= 4 is 58.0 Å². The molecule has 1 aliphatic rings. The summed E-state index contributed by atoms with van der Waals surface area (Å²) in [6.07, 6.45) is 0. The highest BCUT2D eigenvalue weighted by Gasteiger charge is 2.39.